The first-order chi connectivity index (χ1) is 11.2. The zero-order valence-electron chi connectivity index (χ0n) is 13.1. The van der Waals surface area contributed by atoms with Gasteiger partial charge >= 0.3 is 0 Å². The van der Waals surface area contributed by atoms with E-state index in [2.05, 4.69) is 19.9 Å². The smallest absolute Gasteiger partial charge is 0.228 e. The van der Waals surface area contributed by atoms with Crippen LogP contribution in [0.3, 0.4) is 0 Å². The lowest BCUT2D eigenvalue weighted by molar-refractivity contribution is -0.131. The Hall–Kier alpha value is -2.50. The van der Waals surface area contributed by atoms with Crippen molar-refractivity contribution in [2.45, 2.75) is 13.5 Å². The minimum Gasteiger partial charge on any atom is -0.340 e. The van der Waals surface area contributed by atoms with Gasteiger partial charge in [-0.15, -0.1) is 0 Å². The van der Waals surface area contributed by atoms with Gasteiger partial charge in [0, 0.05) is 56.9 Å². The van der Waals surface area contributed by atoms with Crippen molar-refractivity contribution in [3.05, 3.63) is 48.0 Å². The van der Waals surface area contributed by atoms with E-state index >= 15 is 0 Å². The van der Waals surface area contributed by atoms with Crippen molar-refractivity contribution in [1.82, 2.24) is 19.9 Å². The van der Waals surface area contributed by atoms with Crippen LogP contribution in [0.25, 0.3) is 0 Å². The van der Waals surface area contributed by atoms with Crippen LogP contribution in [0.5, 0.6) is 0 Å². The molecule has 2 aromatic heterocycles. The molecule has 23 heavy (non-hydrogen) atoms. The highest BCUT2D eigenvalue weighted by Gasteiger charge is 2.46. The van der Waals surface area contributed by atoms with Crippen LogP contribution in [0.2, 0.25) is 0 Å². The van der Waals surface area contributed by atoms with Crippen LogP contribution in [0.4, 0.5) is 5.95 Å². The molecule has 0 spiro atoms. The van der Waals surface area contributed by atoms with Gasteiger partial charge in [-0.3, -0.25) is 9.78 Å². The van der Waals surface area contributed by atoms with E-state index in [1.807, 2.05) is 36.4 Å². The maximum atomic E-state index is 12.7. The molecule has 2 atom stereocenters. The van der Waals surface area contributed by atoms with Gasteiger partial charge in [0.15, 0.2) is 0 Å². The average Bonchev–Trinajstić information content (AvgIpc) is 3.10. The standard InChI is InChI=1S/C17H19N5O/c1-12-6-19-17(20-7-12)22-10-14-9-21(16(23)15(14)11-22)8-13-2-4-18-5-3-13/h2-7,14-15H,8-11H2,1H3/t14-,15+/m0/s1. The number of rotatable bonds is 3. The number of hydrogen-bond acceptors (Lipinski definition) is 5. The van der Waals surface area contributed by atoms with Crippen molar-refractivity contribution >= 4 is 11.9 Å². The van der Waals surface area contributed by atoms with Crippen LogP contribution in [-0.2, 0) is 11.3 Å². The SMILES string of the molecule is Cc1cnc(N2C[C@@H]3CN(Cc4ccncc4)C(=O)[C@@H]3C2)nc1. The molecular weight excluding hydrogens is 290 g/mol. The summed E-state index contributed by atoms with van der Waals surface area (Å²) in [7, 11) is 0. The van der Waals surface area contributed by atoms with Crippen LogP contribution in [-0.4, -0.2) is 45.4 Å². The van der Waals surface area contributed by atoms with E-state index in [0.717, 1.165) is 36.7 Å². The summed E-state index contributed by atoms with van der Waals surface area (Å²) in [6, 6.07) is 3.93. The molecule has 2 aromatic rings. The second kappa shape index (κ2) is 5.61. The van der Waals surface area contributed by atoms with Gasteiger partial charge in [-0.05, 0) is 30.2 Å². The predicted octanol–water partition coefficient (Wildman–Crippen LogP) is 1.27. The van der Waals surface area contributed by atoms with Crippen LogP contribution >= 0.6 is 0 Å². The van der Waals surface area contributed by atoms with Crippen LogP contribution in [0.15, 0.2) is 36.9 Å². The van der Waals surface area contributed by atoms with Gasteiger partial charge in [0.2, 0.25) is 11.9 Å². The van der Waals surface area contributed by atoms with Crippen molar-refractivity contribution in [1.29, 1.82) is 0 Å². The van der Waals surface area contributed by atoms with E-state index in [4.69, 9.17) is 0 Å². The topological polar surface area (TPSA) is 62.2 Å². The lowest BCUT2D eigenvalue weighted by Gasteiger charge is -2.21. The van der Waals surface area contributed by atoms with Crippen molar-refractivity contribution in [2.75, 3.05) is 24.5 Å². The minimum absolute atomic E-state index is 0.0711. The Morgan fingerprint density at radius 2 is 1.87 bits per heavy atom. The molecule has 0 bridgehead atoms. The number of hydrogen-bond donors (Lipinski definition) is 0. The number of aryl methyl sites for hydroxylation is 1. The number of fused-ring (bicyclic) bond motifs is 1. The van der Waals surface area contributed by atoms with E-state index in [1.54, 1.807) is 12.4 Å². The highest BCUT2D eigenvalue weighted by molar-refractivity contribution is 5.83. The molecule has 0 aromatic carbocycles. The molecule has 0 unspecified atom stereocenters. The van der Waals surface area contributed by atoms with E-state index in [-0.39, 0.29) is 11.8 Å². The molecule has 118 valence electrons. The van der Waals surface area contributed by atoms with Gasteiger partial charge in [0.25, 0.3) is 0 Å². The lowest BCUT2D eigenvalue weighted by Crippen LogP contribution is -2.33. The van der Waals surface area contributed by atoms with Crippen LogP contribution < -0.4 is 4.90 Å². The molecule has 0 radical (unpaired) electrons. The minimum atomic E-state index is 0.0711. The molecule has 0 N–H and O–H groups in total. The summed E-state index contributed by atoms with van der Waals surface area (Å²) in [5.41, 5.74) is 2.18. The van der Waals surface area contributed by atoms with Gasteiger partial charge < -0.3 is 9.80 Å². The van der Waals surface area contributed by atoms with Crippen LogP contribution in [0, 0.1) is 18.8 Å². The first kappa shape index (κ1) is 14.1. The molecular formula is C17H19N5O. The van der Waals surface area contributed by atoms with E-state index < -0.39 is 0 Å². The molecule has 6 nitrogen and oxygen atoms in total. The third-order valence-electron chi connectivity index (χ3n) is 4.70. The monoisotopic (exact) mass is 309 g/mol. The van der Waals surface area contributed by atoms with Gasteiger partial charge in [-0.1, -0.05) is 0 Å². The fourth-order valence-corrected chi connectivity index (χ4v) is 3.51. The Balaban J connectivity index is 1.44. The maximum Gasteiger partial charge on any atom is 0.228 e. The van der Waals surface area contributed by atoms with Gasteiger partial charge in [0.05, 0.1) is 5.92 Å². The number of pyridine rings is 1. The Kier molecular flexibility index (Phi) is 3.44. The van der Waals surface area contributed by atoms with Gasteiger partial charge in [0.1, 0.15) is 0 Å². The molecule has 0 saturated carbocycles. The molecule has 0 aliphatic carbocycles. The van der Waals surface area contributed by atoms with Crippen LogP contribution in [0.1, 0.15) is 11.1 Å². The lowest BCUT2D eigenvalue weighted by atomic mass is 10.0. The van der Waals surface area contributed by atoms with Gasteiger partial charge in [-0.25, -0.2) is 9.97 Å². The number of carbonyl (C=O) groups excluding carboxylic acids is 1. The number of aromatic nitrogens is 3. The Morgan fingerprint density at radius 3 is 2.57 bits per heavy atom. The number of carbonyl (C=O) groups is 1. The Morgan fingerprint density at radius 1 is 1.13 bits per heavy atom. The Bertz CT molecular complexity index is 703. The summed E-state index contributed by atoms with van der Waals surface area (Å²) < 4.78 is 0. The number of anilines is 1. The first-order valence-electron chi connectivity index (χ1n) is 7.92. The third kappa shape index (κ3) is 2.65. The average molecular weight is 309 g/mol. The summed E-state index contributed by atoms with van der Waals surface area (Å²) in [5.74, 6) is 1.43. The first-order valence-corrected chi connectivity index (χ1v) is 7.92. The van der Waals surface area contributed by atoms with E-state index in [0.29, 0.717) is 12.5 Å². The second-order valence-electron chi connectivity index (χ2n) is 6.41. The molecule has 6 heteroatoms. The van der Waals surface area contributed by atoms with E-state index in [9.17, 15) is 4.79 Å². The predicted molar refractivity (Wildman–Crippen MR) is 85.6 cm³/mol. The quantitative estimate of drug-likeness (QED) is 0.854. The zero-order chi connectivity index (χ0) is 15.8. The molecule has 2 aliphatic heterocycles. The number of amides is 1. The summed E-state index contributed by atoms with van der Waals surface area (Å²) in [6.07, 6.45) is 7.20. The second-order valence-corrected chi connectivity index (χ2v) is 6.41. The summed E-state index contributed by atoms with van der Waals surface area (Å²) >= 11 is 0. The molecule has 2 saturated heterocycles. The van der Waals surface area contributed by atoms with Gasteiger partial charge in [-0.2, -0.15) is 0 Å². The largest absolute Gasteiger partial charge is 0.340 e. The molecule has 4 heterocycles. The molecule has 4 rings (SSSR count). The molecule has 2 aliphatic rings. The maximum absolute atomic E-state index is 12.7. The van der Waals surface area contributed by atoms with Crippen molar-refractivity contribution in [3.8, 4) is 0 Å². The summed E-state index contributed by atoms with van der Waals surface area (Å²) in [5, 5.41) is 0. The van der Waals surface area contributed by atoms with E-state index in [1.165, 1.54) is 0 Å². The summed E-state index contributed by atoms with van der Waals surface area (Å²) in [4.78, 5) is 29.6. The fraction of sp³-hybridized carbons (Fsp3) is 0.412. The number of likely N-dealkylation sites (tertiary alicyclic amines) is 1. The van der Waals surface area contributed by atoms with Crippen molar-refractivity contribution < 1.29 is 4.79 Å². The number of nitrogens with zero attached hydrogens (tertiary/aromatic N) is 5. The Labute approximate surface area is 135 Å². The molecule has 1 amide bonds. The zero-order valence-corrected chi connectivity index (χ0v) is 13.1. The fourth-order valence-electron chi connectivity index (χ4n) is 3.51. The van der Waals surface area contributed by atoms with Crippen molar-refractivity contribution in [3.63, 3.8) is 0 Å². The third-order valence-corrected chi connectivity index (χ3v) is 4.70. The summed E-state index contributed by atoms with van der Waals surface area (Å²) in [6.45, 7) is 5.04. The highest BCUT2D eigenvalue weighted by atomic mass is 16.2. The molecule has 2 fully saturated rings. The normalized spacial score (nSPS) is 23.4. The van der Waals surface area contributed by atoms with Crippen molar-refractivity contribution in [2.24, 2.45) is 11.8 Å². The highest BCUT2D eigenvalue weighted by Crippen LogP contribution is 2.34.